The van der Waals surface area contributed by atoms with Crippen molar-refractivity contribution in [1.82, 2.24) is 0 Å². The van der Waals surface area contributed by atoms with Crippen LogP contribution in [0, 0.1) is 5.41 Å². The van der Waals surface area contributed by atoms with Gasteiger partial charge < -0.3 is 15.2 Å². The van der Waals surface area contributed by atoms with Crippen molar-refractivity contribution in [1.29, 1.82) is 0 Å². The summed E-state index contributed by atoms with van der Waals surface area (Å²) >= 11 is 0. The normalized spacial score (nSPS) is 18.3. The second-order valence-corrected chi connectivity index (χ2v) is 6.62. The van der Waals surface area contributed by atoms with Crippen molar-refractivity contribution in [2.24, 2.45) is 11.1 Å². The van der Waals surface area contributed by atoms with Crippen LogP contribution in [0.4, 0.5) is 4.79 Å². The molecule has 3 rings (SSSR count). The Balaban J connectivity index is 1.96. The summed E-state index contributed by atoms with van der Waals surface area (Å²) in [6.07, 6.45) is -0.167. The molecule has 1 atom stereocenters. The van der Waals surface area contributed by atoms with Gasteiger partial charge in [0.2, 0.25) is 0 Å². The van der Waals surface area contributed by atoms with E-state index in [0.717, 1.165) is 28.9 Å². The first kappa shape index (κ1) is 15.4. The summed E-state index contributed by atoms with van der Waals surface area (Å²) in [5.41, 5.74) is 9.59. The highest BCUT2D eigenvalue weighted by molar-refractivity contribution is 5.68. The predicted molar refractivity (Wildman–Crippen MR) is 89.3 cm³/mol. The third-order valence-electron chi connectivity index (χ3n) is 4.44. The summed E-state index contributed by atoms with van der Waals surface area (Å²) in [6.45, 7) is 4.18. The Bertz CT molecular complexity index is 735. The summed E-state index contributed by atoms with van der Waals surface area (Å²) in [4.78, 5) is 11.2. The van der Waals surface area contributed by atoms with Crippen molar-refractivity contribution in [2.45, 2.75) is 26.4 Å². The van der Waals surface area contributed by atoms with Crippen LogP contribution in [0.1, 0.15) is 31.1 Å². The van der Waals surface area contributed by atoms with Crippen molar-refractivity contribution in [3.63, 3.8) is 0 Å². The molecule has 2 aromatic rings. The minimum atomic E-state index is -0.727. The highest BCUT2D eigenvalue weighted by Crippen LogP contribution is 2.48. The van der Waals surface area contributed by atoms with E-state index in [1.165, 1.54) is 5.56 Å². The monoisotopic (exact) mass is 311 g/mol. The molecule has 120 valence electrons. The van der Waals surface area contributed by atoms with E-state index in [4.69, 9.17) is 15.2 Å². The van der Waals surface area contributed by atoms with Gasteiger partial charge in [0.05, 0.1) is 7.11 Å². The van der Waals surface area contributed by atoms with Gasteiger partial charge in [-0.05, 0) is 40.8 Å². The predicted octanol–water partition coefficient (Wildman–Crippen LogP) is 4.08. The lowest BCUT2D eigenvalue weighted by molar-refractivity contribution is 0.0392. The van der Waals surface area contributed by atoms with Gasteiger partial charge in [0.25, 0.3) is 0 Å². The van der Waals surface area contributed by atoms with Gasteiger partial charge in [0, 0.05) is 5.41 Å². The Hall–Kier alpha value is -2.49. The largest absolute Gasteiger partial charge is 0.497 e. The number of ether oxygens (including phenoxy) is 2. The van der Waals surface area contributed by atoms with Crippen LogP contribution < -0.4 is 10.5 Å². The lowest BCUT2D eigenvalue weighted by Gasteiger charge is -2.26. The molecule has 1 aliphatic rings. The maximum atomic E-state index is 11.2. The minimum Gasteiger partial charge on any atom is -0.497 e. The van der Waals surface area contributed by atoms with E-state index in [1.807, 2.05) is 30.3 Å². The van der Waals surface area contributed by atoms with Gasteiger partial charge in [-0.3, -0.25) is 0 Å². The maximum Gasteiger partial charge on any atom is 0.405 e. The molecule has 1 unspecified atom stereocenters. The van der Waals surface area contributed by atoms with E-state index in [9.17, 15) is 4.79 Å². The van der Waals surface area contributed by atoms with Crippen LogP contribution in [0.2, 0.25) is 0 Å². The Kier molecular flexibility index (Phi) is 3.76. The molecule has 0 aliphatic heterocycles. The van der Waals surface area contributed by atoms with Crippen LogP contribution >= 0.6 is 0 Å². The fourth-order valence-corrected chi connectivity index (χ4v) is 3.32. The summed E-state index contributed by atoms with van der Waals surface area (Å²) in [7, 11) is 1.66. The smallest absolute Gasteiger partial charge is 0.405 e. The zero-order valence-corrected chi connectivity index (χ0v) is 13.6. The molecule has 0 aromatic heterocycles. The first-order valence-electron chi connectivity index (χ1n) is 7.64. The molecule has 0 heterocycles. The number of nitrogens with two attached hydrogens (primary N) is 1. The van der Waals surface area contributed by atoms with Crippen molar-refractivity contribution in [2.75, 3.05) is 7.11 Å². The summed E-state index contributed by atoms with van der Waals surface area (Å²) in [6, 6.07) is 14.2. The fourth-order valence-electron chi connectivity index (χ4n) is 3.32. The van der Waals surface area contributed by atoms with Crippen LogP contribution in [0.15, 0.2) is 42.5 Å². The lowest BCUT2D eigenvalue weighted by atomic mass is 9.87. The second kappa shape index (κ2) is 5.61. The third kappa shape index (κ3) is 2.89. The number of carbonyl (C=O) groups excluding carboxylic acids is 1. The van der Waals surface area contributed by atoms with Crippen LogP contribution in [0.5, 0.6) is 5.75 Å². The third-order valence-corrected chi connectivity index (χ3v) is 4.44. The number of primary amides is 1. The number of benzene rings is 2. The second-order valence-electron chi connectivity index (χ2n) is 6.62. The van der Waals surface area contributed by atoms with Crippen LogP contribution in [-0.2, 0) is 11.2 Å². The maximum absolute atomic E-state index is 11.2. The minimum absolute atomic E-state index is 0.157. The molecule has 1 amide bonds. The molecule has 2 N–H and O–H groups in total. The highest BCUT2D eigenvalue weighted by Gasteiger charge is 2.41. The molecular weight excluding hydrogens is 290 g/mol. The van der Waals surface area contributed by atoms with E-state index in [2.05, 4.69) is 26.0 Å². The zero-order chi connectivity index (χ0) is 16.6. The SMILES string of the molecule is COc1ccc(-c2ccc3c(c2)CC(C)(C)C3OC(N)=O)cc1. The summed E-state index contributed by atoms with van der Waals surface area (Å²) in [5, 5.41) is 0. The molecule has 23 heavy (non-hydrogen) atoms. The van der Waals surface area contributed by atoms with Crippen molar-refractivity contribution >= 4 is 6.09 Å². The topological polar surface area (TPSA) is 61.6 Å². The molecule has 0 radical (unpaired) electrons. The Labute approximate surface area is 136 Å². The fraction of sp³-hybridized carbons (Fsp3) is 0.316. The van der Waals surface area contributed by atoms with Gasteiger partial charge in [0.15, 0.2) is 0 Å². The molecule has 0 saturated heterocycles. The van der Waals surface area contributed by atoms with E-state index in [0.29, 0.717) is 0 Å². The number of methoxy groups -OCH3 is 1. The summed E-state index contributed by atoms with van der Waals surface area (Å²) < 4.78 is 10.5. The van der Waals surface area contributed by atoms with Crippen molar-refractivity contribution in [3.8, 4) is 16.9 Å². The van der Waals surface area contributed by atoms with Crippen LogP contribution in [0.3, 0.4) is 0 Å². The van der Waals surface area contributed by atoms with Crippen molar-refractivity contribution < 1.29 is 14.3 Å². The molecular formula is C19H21NO3. The molecule has 0 saturated carbocycles. The lowest BCUT2D eigenvalue weighted by Crippen LogP contribution is -2.25. The molecule has 0 bridgehead atoms. The number of hydrogen-bond acceptors (Lipinski definition) is 3. The standard InChI is InChI=1S/C19H21NO3/c1-19(2)11-14-10-13(12-4-7-15(22-3)8-5-12)6-9-16(14)17(19)23-18(20)21/h4-10,17H,11H2,1-3H3,(H2,20,21). The van der Waals surface area contributed by atoms with Crippen LogP contribution in [-0.4, -0.2) is 13.2 Å². The summed E-state index contributed by atoms with van der Waals surface area (Å²) in [5.74, 6) is 0.839. The number of amides is 1. The molecule has 2 aromatic carbocycles. The van der Waals surface area contributed by atoms with Gasteiger partial charge in [0.1, 0.15) is 11.9 Å². The average Bonchev–Trinajstić information content (AvgIpc) is 2.76. The number of fused-ring (bicyclic) bond motifs is 1. The number of hydrogen-bond donors (Lipinski definition) is 1. The Morgan fingerprint density at radius 2 is 1.78 bits per heavy atom. The molecule has 0 spiro atoms. The van der Waals surface area contributed by atoms with E-state index >= 15 is 0 Å². The van der Waals surface area contributed by atoms with Gasteiger partial charge in [-0.1, -0.05) is 44.2 Å². The molecule has 4 heteroatoms. The van der Waals surface area contributed by atoms with Crippen molar-refractivity contribution in [3.05, 3.63) is 53.6 Å². The number of carbonyl (C=O) groups is 1. The van der Waals surface area contributed by atoms with E-state index in [-0.39, 0.29) is 11.5 Å². The first-order valence-corrected chi connectivity index (χ1v) is 7.64. The van der Waals surface area contributed by atoms with Gasteiger partial charge in [-0.25, -0.2) is 4.79 Å². The van der Waals surface area contributed by atoms with E-state index in [1.54, 1.807) is 7.11 Å². The molecule has 4 nitrogen and oxygen atoms in total. The number of rotatable bonds is 3. The molecule has 1 aliphatic carbocycles. The van der Waals surface area contributed by atoms with Gasteiger partial charge >= 0.3 is 6.09 Å². The Morgan fingerprint density at radius 3 is 2.39 bits per heavy atom. The zero-order valence-electron chi connectivity index (χ0n) is 13.6. The first-order chi connectivity index (χ1) is 10.9. The average molecular weight is 311 g/mol. The van der Waals surface area contributed by atoms with E-state index < -0.39 is 6.09 Å². The quantitative estimate of drug-likeness (QED) is 0.929. The van der Waals surface area contributed by atoms with Crippen LogP contribution in [0.25, 0.3) is 11.1 Å². The Morgan fingerprint density at radius 1 is 1.13 bits per heavy atom. The highest BCUT2D eigenvalue weighted by atomic mass is 16.6. The molecule has 0 fully saturated rings. The van der Waals surface area contributed by atoms with Gasteiger partial charge in [-0.2, -0.15) is 0 Å². The van der Waals surface area contributed by atoms with Gasteiger partial charge in [-0.15, -0.1) is 0 Å².